The zero-order valence-corrected chi connectivity index (χ0v) is 15.5. The van der Waals surface area contributed by atoms with Crippen LogP contribution in [0.5, 0.6) is 0 Å². The third-order valence-electron chi connectivity index (χ3n) is 4.90. The van der Waals surface area contributed by atoms with Gasteiger partial charge in [0.25, 0.3) is 11.8 Å². The lowest BCUT2D eigenvalue weighted by molar-refractivity contribution is -0.134. The third kappa shape index (κ3) is 2.86. The number of piperidine rings is 1. The first kappa shape index (κ1) is 17.7. The molecule has 0 aromatic carbocycles. The first-order valence-electron chi connectivity index (χ1n) is 8.36. The van der Waals surface area contributed by atoms with Gasteiger partial charge in [-0.1, -0.05) is 25.2 Å². The number of nitrogens with zero attached hydrogens (tertiary/aromatic N) is 4. The number of imide groups is 1. The Morgan fingerprint density at radius 2 is 2.00 bits per heavy atom. The van der Waals surface area contributed by atoms with Crippen molar-refractivity contribution in [3.63, 3.8) is 0 Å². The van der Waals surface area contributed by atoms with Crippen LogP contribution < -0.4 is 5.73 Å². The number of rotatable bonds is 3. The Bertz CT molecular complexity index is 708. The van der Waals surface area contributed by atoms with Crippen LogP contribution in [0.15, 0.2) is 6.20 Å². The van der Waals surface area contributed by atoms with Crippen LogP contribution in [-0.4, -0.2) is 69.8 Å². The van der Waals surface area contributed by atoms with Crippen LogP contribution in [0.2, 0.25) is 0 Å². The van der Waals surface area contributed by atoms with E-state index < -0.39 is 5.54 Å². The van der Waals surface area contributed by atoms with Crippen LogP contribution in [-0.2, 0) is 4.79 Å². The van der Waals surface area contributed by atoms with Crippen LogP contribution in [0.25, 0.3) is 0 Å². The Balaban J connectivity index is 1.77. The van der Waals surface area contributed by atoms with Crippen molar-refractivity contribution in [2.24, 2.45) is 5.92 Å². The first-order valence-corrected chi connectivity index (χ1v) is 9.18. The molecule has 0 saturated carbocycles. The highest BCUT2D eigenvalue weighted by Gasteiger charge is 2.57. The summed E-state index contributed by atoms with van der Waals surface area (Å²) in [6.45, 7) is 5.44. The van der Waals surface area contributed by atoms with Gasteiger partial charge in [0.2, 0.25) is 0 Å². The fraction of sp³-hybridized carbons (Fsp3) is 0.625. The van der Waals surface area contributed by atoms with E-state index in [-0.39, 0.29) is 23.8 Å². The van der Waals surface area contributed by atoms with Crippen molar-refractivity contribution >= 4 is 34.3 Å². The first-order chi connectivity index (χ1) is 11.8. The summed E-state index contributed by atoms with van der Waals surface area (Å²) in [4.78, 5) is 46.9. The molecule has 4 amide bonds. The molecule has 2 fully saturated rings. The van der Waals surface area contributed by atoms with Gasteiger partial charge in [0.05, 0.1) is 6.20 Å². The van der Waals surface area contributed by atoms with Gasteiger partial charge in [-0.25, -0.2) is 9.78 Å². The zero-order valence-electron chi connectivity index (χ0n) is 14.7. The molecule has 2 saturated heterocycles. The molecule has 0 bridgehead atoms. The molecule has 0 radical (unpaired) electrons. The van der Waals surface area contributed by atoms with Crippen molar-refractivity contribution < 1.29 is 14.4 Å². The Labute approximate surface area is 150 Å². The van der Waals surface area contributed by atoms with Crippen molar-refractivity contribution in [1.29, 1.82) is 0 Å². The average molecular weight is 365 g/mol. The second kappa shape index (κ2) is 6.29. The number of amides is 4. The molecule has 2 aliphatic heterocycles. The van der Waals surface area contributed by atoms with E-state index in [1.165, 1.54) is 18.1 Å². The Morgan fingerprint density at radius 3 is 2.52 bits per heavy atom. The maximum atomic E-state index is 12.8. The fourth-order valence-corrected chi connectivity index (χ4v) is 4.25. The molecule has 3 heterocycles. The number of likely N-dealkylation sites (N-methyl/N-ethyl adjacent to an activating group) is 1. The molecule has 9 heteroatoms. The van der Waals surface area contributed by atoms with Gasteiger partial charge in [-0.15, -0.1) is 0 Å². The van der Waals surface area contributed by atoms with Crippen LogP contribution >= 0.6 is 11.3 Å². The minimum absolute atomic E-state index is 0.121. The Hall–Kier alpha value is -2.16. The van der Waals surface area contributed by atoms with Gasteiger partial charge >= 0.3 is 6.03 Å². The van der Waals surface area contributed by atoms with E-state index in [2.05, 4.69) is 4.98 Å². The maximum Gasteiger partial charge on any atom is 0.327 e. The highest BCUT2D eigenvalue weighted by Crippen LogP contribution is 2.37. The molecule has 3 rings (SSSR count). The molecule has 25 heavy (non-hydrogen) atoms. The molecular formula is C16H23N5O3S. The number of aromatic nitrogens is 1. The number of anilines is 1. The monoisotopic (exact) mass is 365 g/mol. The summed E-state index contributed by atoms with van der Waals surface area (Å²) >= 11 is 1.16. The van der Waals surface area contributed by atoms with E-state index in [1.807, 2.05) is 13.8 Å². The number of carbonyl (C=O) groups is 3. The fourth-order valence-electron chi connectivity index (χ4n) is 3.60. The normalized spacial score (nSPS) is 20.2. The van der Waals surface area contributed by atoms with Gasteiger partial charge in [-0.05, 0) is 18.8 Å². The molecule has 1 aromatic heterocycles. The van der Waals surface area contributed by atoms with Gasteiger partial charge in [-0.2, -0.15) is 0 Å². The second-order valence-corrected chi connectivity index (χ2v) is 8.10. The highest BCUT2D eigenvalue weighted by atomic mass is 32.1. The lowest BCUT2D eigenvalue weighted by Crippen LogP contribution is -2.57. The molecule has 1 spiro atoms. The van der Waals surface area contributed by atoms with Crippen molar-refractivity contribution in [2.45, 2.75) is 32.2 Å². The predicted octanol–water partition coefficient (Wildman–Crippen LogP) is 1.25. The van der Waals surface area contributed by atoms with Crippen LogP contribution in [0.4, 0.5) is 9.93 Å². The zero-order chi connectivity index (χ0) is 18.4. The number of hydrogen-bond acceptors (Lipinski definition) is 6. The summed E-state index contributed by atoms with van der Waals surface area (Å²) < 4.78 is 0. The highest BCUT2D eigenvalue weighted by molar-refractivity contribution is 7.17. The number of nitrogens with two attached hydrogens (primary N) is 1. The smallest absolute Gasteiger partial charge is 0.327 e. The second-order valence-electron chi connectivity index (χ2n) is 7.04. The van der Waals surface area contributed by atoms with Crippen molar-refractivity contribution in [1.82, 2.24) is 19.7 Å². The summed E-state index contributed by atoms with van der Waals surface area (Å²) in [5, 5.41) is 0.359. The number of urea groups is 1. The van der Waals surface area contributed by atoms with Crippen LogP contribution in [0.3, 0.4) is 0 Å². The Morgan fingerprint density at radius 1 is 1.36 bits per heavy atom. The number of hydrogen-bond donors (Lipinski definition) is 1. The molecule has 0 unspecified atom stereocenters. The molecule has 0 aliphatic carbocycles. The van der Waals surface area contributed by atoms with E-state index in [9.17, 15) is 14.4 Å². The lowest BCUT2D eigenvalue weighted by Gasteiger charge is -2.42. The van der Waals surface area contributed by atoms with Gasteiger partial charge in [-0.3, -0.25) is 14.5 Å². The summed E-state index contributed by atoms with van der Waals surface area (Å²) in [7, 11) is 1.53. The maximum absolute atomic E-state index is 12.8. The average Bonchev–Trinajstić information content (AvgIpc) is 3.08. The van der Waals surface area contributed by atoms with Gasteiger partial charge in [0.1, 0.15) is 10.4 Å². The molecular weight excluding hydrogens is 342 g/mol. The molecule has 1 aromatic rings. The largest absolute Gasteiger partial charge is 0.375 e. The number of thiazole rings is 1. The van der Waals surface area contributed by atoms with Crippen molar-refractivity contribution in [3.05, 3.63) is 11.1 Å². The van der Waals surface area contributed by atoms with Gasteiger partial charge in [0.15, 0.2) is 5.13 Å². The predicted molar refractivity (Wildman–Crippen MR) is 94.1 cm³/mol. The number of nitrogen functional groups attached to an aromatic ring is 1. The molecule has 2 aliphatic rings. The number of carbonyl (C=O) groups excluding carboxylic acids is 3. The molecule has 136 valence electrons. The topological polar surface area (TPSA) is 99.8 Å². The SMILES string of the molecule is CC(C)CN1C(=O)N(C)C(=O)C12CCN(C(=O)c1cnc(N)s1)CC2. The van der Waals surface area contributed by atoms with Crippen LogP contribution in [0.1, 0.15) is 36.4 Å². The van der Waals surface area contributed by atoms with Gasteiger partial charge < -0.3 is 15.5 Å². The standard InChI is InChI=1S/C16H23N5O3S/c1-10(2)9-21-15(24)19(3)13(23)16(21)4-6-20(7-5-16)12(22)11-8-18-14(17)25-11/h8,10H,4-7,9H2,1-3H3,(H2,17,18). The third-order valence-corrected chi connectivity index (χ3v) is 5.71. The quantitative estimate of drug-likeness (QED) is 0.813. The van der Waals surface area contributed by atoms with Crippen molar-refractivity contribution in [3.8, 4) is 0 Å². The Kier molecular flexibility index (Phi) is 4.44. The number of likely N-dealkylation sites (tertiary alicyclic amines) is 1. The summed E-state index contributed by atoms with van der Waals surface area (Å²) in [6, 6.07) is -0.242. The lowest BCUT2D eigenvalue weighted by atomic mass is 9.85. The van der Waals surface area contributed by atoms with E-state index in [0.717, 1.165) is 11.3 Å². The van der Waals surface area contributed by atoms with E-state index >= 15 is 0 Å². The summed E-state index contributed by atoms with van der Waals surface area (Å²) in [5.41, 5.74) is 4.78. The van der Waals surface area contributed by atoms with E-state index in [0.29, 0.717) is 42.5 Å². The summed E-state index contributed by atoms with van der Waals surface area (Å²) in [5.74, 6) is -0.0168. The van der Waals surface area contributed by atoms with E-state index in [4.69, 9.17) is 5.73 Å². The van der Waals surface area contributed by atoms with Gasteiger partial charge in [0, 0.05) is 26.7 Å². The minimum atomic E-state index is -0.820. The minimum Gasteiger partial charge on any atom is -0.375 e. The summed E-state index contributed by atoms with van der Waals surface area (Å²) in [6.07, 6.45) is 2.39. The van der Waals surface area contributed by atoms with Crippen molar-refractivity contribution in [2.75, 3.05) is 32.4 Å². The van der Waals surface area contributed by atoms with E-state index in [1.54, 1.807) is 9.80 Å². The molecule has 2 N–H and O–H groups in total. The van der Waals surface area contributed by atoms with Crippen LogP contribution in [0, 0.1) is 5.92 Å². The molecule has 0 atom stereocenters. The molecule has 8 nitrogen and oxygen atoms in total.